The number of carboxylic acids is 1. The molecule has 0 spiro atoms. The molecule has 1 fully saturated rings. The SMILES string of the molecule is CC(C)(C)c1ccc(C2CC(N)CN(CCC(=O)O)C2)cc1. The first kappa shape index (κ1) is 17.0. The third-order valence-electron chi connectivity index (χ3n) is 4.45. The van der Waals surface area contributed by atoms with E-state index in [9.17, 15) is 4.79 Å². The molecular weight excluding hydrogens is 276 g/mol. The number of nitrogens with two attached hydrogens (primary N) is 1. The summed E-state index contributed by atoms with van der Waals surface area (Å²) in [6, 6.07) is 8.95. The van der Waals surface area contributed by atoms with Crippen molar-refractivity contribution in [2.24, 2.45) is 5.73 Å². The Labute approximate surface area is 133 Å². The summed E-state index contributed by atoms with van der Waals surface area (Å²) in [6.45, 7) is 8.92. The maximum Gasteiger partial charge on any atom is 0.304 e. The van der Waals surface area contributed by atoms with Gasteiger partial charge in [0.05, 0.1) is 6.42 Å². The second-order valence-corrected chi connectivity index (χ2v) is 7.47. The number of piperidine rings is 1. The fraction of sp³-hybridized carbons (Fsp3) is 0.611. The van der Waals surface area contributed by atoms with Crippen molar-refractivity contribution >= 4 is 5.97 Å². The molecule has 1 aromatic rings. The standard InChI is InChI=1S/C18H28N2O2/c1-18(2,3)15-6-4-13(5-7-15)14-10-16(19)12-20(11-14)9-8-17(21)22/h4-7,14,16H,8-12,19H2,1-3H3,(H,21,22). The van der Waals surface area contributed by atoms with Crippen LogP contribution >= 0.6 is 0 Å². The van der Waals surface area contributed by atoms with Gasteiger partial charge in [0.25, 0.3) is 0 Å². The number of carbonyl (C=O) groups is 1. The third kappa shape index (κ3) is 4.55. The molecule has 22 heavy (non-hydrogen) atoms. The summed E-state index contributed by atoms with van der Waals surface area (Å²) in [6.07, 6.45) is 1.15. The van der Waals surface area contributed by atoms with Crippen LogP contribution in [0.1, 0.15) is 50.7 Å². The van der Waals surface area contributed by atoms with Gasteiger partial charge in [0, 0.05) is 25.7 Å². The van der Waals surface area contributed by atoms with Crippen LogP contribution in [0.5, 0.6) is 0 Å². The summed E-state index contributed by atoms with van der Waals surface area (Å²) >= 11 is 0. The fourth-order valence-electron chi connectivity index (χ4n) is 3.17. The van der Waals surface area contributed by atoms with E-state index in [1.165, 1.54) is 11.1 Å². The highest BCUT2D eigenvalue weighted by atomic mass is 16.4. The molecule has 2 unspecified atom stereocenters. The lowest BCUT2D eigenvalue weighted by Gasteiger charge is -2.36. The topological polar surface area (TPSA) is 66.6 Å². The van der Waals surface area contributed by atoms with Crippen molar-refractivity contribution in [3.05, 3.63) is 35.4 Å². The van der Waals surface area contributed by atoms with Gasteiger partial charge in [-0.2, -0.15) is 0 Å². The molecule has 0 aliphatic carbocycles. The third-order valence-corrected chi connectivity index (χ3v) is 4.45. The molecule has 2 rings (SSSR count). The molecule has 3 N–H and O–H groups in total. The first-order valence-electron chi connectivity index (χ1n) is 8.06. The van der Waals surface area contributed by atoms with Crippen LogP contribution in [0.3, 0.4) is 0 Å². The lowest BCUT2D eigenvalue weighted by Crippen LogP contribution is -2.46. The minimum Gasteiger partial charge on any atom is -0.481 e. The van der Waals surface area contributed by atoms with Gasteiger partial charge in [-0.3, -0.25) is 4.79 Å². The van der Waals surface area contributed by atoms with Crippen LogP contribution in [0.2, 0.25) is 0 Å². The highest BCUT2D eigenvalue weighted by Gasteiger charge is 2.26. The smallest absolute Gasteiger partial charge is 0.304 e. The van der Waals surface area contributed by atoms with Gasteiger partial charge >= 0.3 is 5.97 Å². The van der Waals surface area contributed by atoms with Gasteiger partial charge in [-0.25, -0.2) is 0 Å². The summed E-state index contributed by atoms with van der Waals surface area (Å²) in [4.78, 5) is 12.9. The molecule has 0 bridgehead atoms. The van der Waals surface area contributed by atoms with Crippen LogP contribution in [0, 0.1) is 0 Å². The average Bonchev–Trinajstić information content (AvgIpc) is 2.44. The number of hydrogen-bond donors (Lipinski definition) is 2. The molecule has 2 atom stereocenters. The van der Waals surface area contributed by atoms with Crippen molar-refractivity contribution < 1.29 is 9.90 Å². The number of carboxylic acid groups (broad SMARTS) is 1. The first-order chi connectivity index (χ1) is 10.3. The zero-order chi connectivity index (χ0) is 16.3. The number of hydrogen-bond acceptors (Lipinski definition) is 3. The minimum atomic E-state index is -0.745. The predicted octanol–water partition coefficient (Wildman–Crippen LogP) is 2.58. The molecule has 1 saturated heterocycles. The largest absolute Gasteiger partial charge is 0.481 e. The van der Waals surface area contributed by atoms with E-state index in [0.717, 1.165) is 19.5 Å². The van der Waals surface area contributed by atoms with Crippen LogP contribution in [0.4, 0.5) is 0 Å². The Morgan fingerprint density at radius 1 is 1.27 bits per heavy atom. The Morgan fingerprint density at radius 3 is 2.45 bits per heavy atom. The maximum atomic E-state index is 10.7. The lowest BCUT2D eigenvalue weighted by molar-refractivity contribution is -0.137. The molecule has 4 nitrogen and oxygen atoms in total. The van der Waals surface area contributed by atoms with Gasteiger partial charge in [-0.15, -0.1) is 0 Å². The second kappa shape index (κ2) is 6.80. The molecule has 0 aromatic heterocycles. The monoisotopic (exact) mass is 304 g/mol. The van der Waals surface area contributed by atoms with Gasteiger partial charge in [0.2, 0.25) is 0 Å². The zero-order valence-electron chi connectivity index (χ0n) is 13.9. The Hall–Kier alpha value is -1.39. The van der Waals surface area contributed by atoms with Crippen LogP contribution in [0.15, 0.2) is 24.3 Å². The minimum absolute atomic E-state index is 0.120. The summed E-state index contributed by atoms with van der Waals surface area (Å²) < 4.78 is 0. The molecule has 0 amide bonds. The summed E-state index contributed by atoms with van der Waals surface area (Å²) in [5.41, 5.74) is 8.97. The van der Waals surface area contributed by atoms with E-state index in [-0.39, 0.29) is 17.9 Å². The molecule has 1 heterocycles. The Balaban J connectivity index is 2.05. The molecule has 122 valence electrons. The van der Waals surface area contributed by atoms with Crippen molar-refractivity contribution in [3.63, 3.8) is 0 Å². The van der Waals surface area contributed by atoms with E-state index in [4.69, 9.17) is 10.8 Å². The predicted molar refractivity (Wildman–Crippen MR) is 89.2 cm³/mol. The fourth-order valence-corrected chi connectivity index (χ4v) is 3.17. The van der Waals surface area contributed by atoms with Crippen LogP contribution in [-0.2, 0) is 10.2 Å². The van der Waals surface area contributed by atoms with Crippen molar-refractivity contribution in [2.45, 2.75) is 51.0 Å². The van der Waals surface area contributed by atoms with E-state index in [0.29, 0.717) is 12.5 Å². The summed E-state index contributed by atoms with van der Waals surface area (Å²) in [7, 11) is 0. The van der Waals surface area contributed by atoms with E-state index in [1.807, 2.05) is 0 Å². The number of nitrogens with zero attached hydrogens (tertiary/aromatic N) is 1. The molecule has 0 radical (unpaired) electrons. The summed E-state index contributed by atoms with van der Waals surface area (Å²) in [5.74, 6) is -0.350. The Kier molecular flexibility index (Phi) is 5.24. The average molecular weight is 304 g/mol. The van der Waals surface area contributed by atoms with E-state index in [1.54, 1.807) is 0 Å². The van der Waals surface area contributed by atoms with Crippen LogP contribution in [-0.4, -0.2) is 41.7 Å². The molecular formula is C18H28N2O2. The van der Waals surface area contributed by atoms with Gasteiger partial charge < -0.3 is 15.7 Å². The van der Waals surface area contributed by atoms with Gasteiger partial charge in [0.1, 0.15) is 0 Å². The number of aliphatic carboxylic acids is 1. The zero-order valence-corrected chi connectivity index (χ0v) is 13.9. The second-order valence-electron chi connectivity index (χ2n) is 7.47. The quantitative estimate of drug-likeness (QED) is 0.897. The maximum absolute atomic E-state index is 10.7. The van der Waals surface area contributed by atoms with E-state index >= 15 is 0 Å². The van der Waals surface area contributed by atoms with Crippen molar-refractivity contribution in [3.8, 4) is 0 Å². The number of benzene rings is 1. The van der Waals surface area contributed by atoms with Gasteiger partial charge in [-0.1, -0.05) is 45.0 Å². The highest BCUT2D eigenvalue weighted by Crippen LogP contribution is 2.29. The van der Waals surface area contributed by atoms with Crippen molar-refractivity contribution in [2.75, 3.05) is 19.6 Å². The normalized spacial score (nSPS) is 23.5. The molecule has 0 saturated carbocycles. The Bertz CT molecular complexity index is 505. The van der Waals surface area contributed by atoms with Crippen molar-refractivity contribution in [1.29, 1.82) is 0 Å². The van der Waals surface area contributed by atoms with E-state index < -0.39 is 5.97 Å². The highest BCUT2D eigenvalue weighted by molar-refractivity contribution is 5.66. The van der Waals surface area contributed by atoms with E-state index in [2.05, 4.69) is 49.9 Å². The molecule has 1 aliphatic rings. The number of rotatable bonds is 4. The van der Waals surface area contributed by atoms with Crippen LogP contribution in [0.25, 0.3) is 0 Å². The Morgan fingerprint density at radius 2 is 1.91 bits per heavy atom. The van der Waals surface area contributed by atoms with Crippen molar-refractivity contribution in [1.82, 2.24) is 4.90 Å². The lowest BCUT2D eigenvalue weighted by atomic mass is 9.83. The first-order valence-corrected chi connectivity index (χ1v) is 8.06. The van der Waals surface area contributed by atoms with Gasteiger partial charge in [0.15, 0.2) is 0 Å². The molecule has 1 aliphatic heterocycles. The number of likely N-dealkylation sites (tertiary alicyclic amines) is 1. The van der Waals surface area contributed by atoms with Gasteiger partial charge in [-0.05, 0) is 28.9 Å². The van der Waals surface area contributed by atoms with Crippen LogP contribution < -0.4 is 5.73 Å². The summed E-state index contributed by atoms with van der Waals surface area (Å²) in [5, 5.41) is 8.84. The molecule has 1 aromatic carbocycles. The molecule has 4 heteroatoms.